The molecule has 3 atom stereocenters. The fourth-order valence-electron chi connectivity index (χ4n) is 3.77. The summed E-state index contributed by atoms with van der Waals surface area (Å²) in [6.45, 7) is 2.42. The van der Waals surface area contributed by atoms with E-state index in [0.29, 0.717) is 0 Å². The molecule has 0 amide bonds. The highest BCUT2D eigenvalue weighted by molar-refractivity contribution is 4.85. The molecule has 2 fully saturated rings. The molecule has 0 aliphatic heterocycles. The minimum Gasteiger partial charge on any atom is -0.317 e. The van der Waals surface area contributed by atoms with Gasteiger partial charge in [0, 0.05) is 6.04 Å². The van der Waals surface area contributed by atoms with Gasteiger partial charge in [-0.3, -0.25) is 0 Å². The molecular formula is C14H27N. The zero-order chi connectivity index (χ0) is 10.7. The van der Waals surface area contributed by atoms with Gasteiger partial charge >= 0.3 is 0 Å². The van der Waals surface area contributed by atoms with Crippen molar-refractivity contribution >= 4 is 0 Å². The Morgan fingerprint density at radius 3 is 2.40 bits per heavy atom. The minimum atomic E-state index is 0.818. The smallest absolute Gasteiger partial charge is 0.00950 e. The summed E-state index contributed by atoms with van der Waals surface area (Å²) >= 11 is 0. The van der Waals surface area contributed by atoms with E-state index in [1.807, 2.05) is 0 Å². The summed E-state index contributed by atoms with van der Waals surface area (Å²) in [5, 5.41) is 3.59. The summed E-state index contributed by atoms with van der Waals surface area (Å²) < 4.78 is 0. The minimum absolute atomic E-state index is 0.818. The van der Waals surface area contributed by atoms with E-state index < -0.39 is 0 Å². The van der Waals surface area contributed by atoms with Gasteiger partial charge in [-0.15, -0.1) is 0 Å². The molecule has 0 saturated heterocycles. The lowest BCUT2D eigenvalue weighted by molar-refractivity contribution is 0.303. The van der Waals surface area contributed by atoms with Crippen LogP contribution in [0.15, 0.2) is 0 Å². The van der Waals surface area contributed by atoms with Crippen LogP contribution >= 0.6 is 0 Å². The first-order valence-corrected chi connectivity index (χ1v) is 6.97. The monoisotopic (exact) mass is 209 g/mol. The van der Waals surface area contributed by atoms with E-state index in [0.717, 1.165) is 23.8 Å². The molecule has 88 valence electrons. The first-order valence-electron chi connectivity index (χ1n) is 6.97. The van der Waals surface area contributed by atoms with Gasteiger partial charge in [-0.05, 0) is 44.1 Å². The highest BCUT2D eigenvalue weighted by Gasteiger charge is 2.30. The van der Waals surface area contributed by atoms with E-state index in [9.17, 15) is 0 Å². The lowest BCUT2D eigenvalue weighted by atomic mass is 9.88. The van der Waals surface area contributed by atoms with Crippen LogP contribution in [0.4, 0.5) is 0 Å². The van der Waals surface area contributed by atoms with Crippen molar-refractivity contribution in [3.8, 4) is 0 Å². The van der Waals surface area contributed by atoms with Crippen LogP contribution in [0, 0.1) is 17.8 Å². The van der Waals surface area contributed by atoms with Crippen LogP contribution in [0.1, 0.15) is 58.3 Å². The number of nitrogens with one attached hydrogen (secondary N) is 1. The Hall–Kier alpha value is -0.0400. The van der Waals surface area contributed by atoms with E-state index in [2.05, 4.69) is 19.3 Å². The first kappa shape index (κ1) is 11.4. The van der Waals surface area contributed by atoms with E-state index in [1.54, 1.807) is 0 Å². The largest absolute Gasteiger partial charge is 0.317 e. The Balaban J connectivity index is 1.80. The quantitative estimate of drug-likeness (QED) is 0.746. The van der Waals surface area contributed by atoms with Gasteiger partial charge in [0.15, 0.2) is 0 Å². The van der Waals surface area contributed by atoms with Crippen molar-refractivity contribution in [2.45, 2.75) is 64.3 Å². The van der Waals surface area contributed by atoms with Crippen LogP contribution in [0.2, 0.25) is 0 Å². The van der Waals surface area contributed by atoms with Crippen molar-refractivity contribution in [3.05, 3.63) is 0 Å². The van der Waals surface area contributed by atoms with E-state index >= 15 is 0 Å². The Kier molecular flexibility index (Phi) is 4.07. The standard InChI is InChI=1S/C14H27N/c1-11-7-8-13(9-11)14(15-2)10-12-5-3-4-6-12/h11-15H,3-10H2,1-2H3. The van der Waals surface area contributed by atoms with Crippen LogP contribution in [0.3, 0.4) is 0 Å². The Bertz CT molecular complexity index is 184. The molecule has 2 aliphatic rings. The summed E-state index contributed by atoms with van der Waals surface area (Å²) in [7, 11) is 2.17. The first-order chi connectivity index (χ1) is 7.29. The maximum atomic E-state index is 3.59. The molecule has 2 aliphatic carbocycles. The average molecular weight is 209 g/mol. The summed E-state index contributed by atoms with van der Waals surface area (Å²) in [6, 6.07) is 0.818. The predicted molar refractivity (Wildman–Crippen MR) is 65.9 cm³/mol. The van der Waals surface area contributed by atoms with E-state index in [4.69, 9.17) is 0 Å². The normalized spacial score (nSPS) is 34.8. The molecular weight excluding hydrogens is 182 g/mol. The van der Waals surface area contributed by atoms with Crippen molar-refractivity contribution < 1.29 is 0 Å². The number of hydrogen-bond acceptors (Lipinski definition) is 1. The van der Waals surface area contributed by atoms with E-state index in [1.165, 1.54) is 51.4 Å². The van der Waals surface area contributed by atoms with Crippen molar-refractivity contribution in [1.82, 2.24) is 5.32 Å². The molecule has 0 aromatic carbocycles. The molecule has 1 heteroatoms. The van der Waals surface area contributed by atoms with Crippen molar-refractivity contribution in [1.29, 1.82) is 0 Å². The van der Waals surface area contributed by atoms with Crippen LogP contribution < -0.4 is 5.32 Å². The fraction of sp³-hybridized carbons (Fsp3) is 1.00. The summed E-state index contributed by atoms with van der Waals surface area (Å²) in [4.78, 5) is 0. The van der Waals surface area contributed by atoms with Gasteiger partial charge in [-0.1, -0.05) is 39.0 Å². The summed E-state index contributed by atoms with van der Waals surface area (Å²) in [6.07, 6.45) is 11.8. The maximum absolute atomic E-state index is 3.59. The van der Waals surface area contributed by atoms with Gasteiger partial charge in [0.05, 0.1) is 0 Å². The highest BCUT2D eigenvalue weighted by atomic mass is 14.9. The van der Waals surface area contributed by atoms with Crippen molar-refractivity contribution in [2.75, 3.05) is 7.05 Å². The van der Waals surface area contributed by atoms with Gasteiger partial charge in [0.25, 0.3) is 0 Å². The van der Waals surface area contributed by atoms with Gasteiger partial charge < -0.3 is 5.32 Å². The third-order valence-corrected chi connectivity index (χ3v) is 4.74. The molecule has 0 heterocycles. The molecule has 1 nitrogen and oxygen atoms in total. The van der Waals surface area contributed by atoms with Gasteiger partial charge in [0.1, 0.15) is 0 Å². The van der Waals surface area contributed by atoms with Crippen LogP contribution in [0.5, 0.6) is 0 Å². The molecule has 2 saturated carbocycles. The Morgan fingerprint density at radius 1 is 1.13 bits per heavy atom. The average Bonchev–Trinajstić information content (AvgIpc) is 2.85. The molecule has 0 spiro atoms. The van der Waals surface area contributed by atoms with Gasteiger partial charge in [-0.25, -0.2) is 0 Å². The van der Waals surface area contributed by atoms with Crippen LogP contribution in [-0.2, 0) is 0 Å². The SMILES string of the molecule is CNC(CC1CCCC1)C1CCC(C)C1. The molecule has 0 aromatic rings. The maximum Gasteiger partial charge on any atom is 0.00950 e. The summed E-state index contributed by atoms with van der Waals surface area (Å²) in [5.41, 5.74) is 0. The second-order valence-corrected chi connectivity index (χ2v) is 5.96. The van der Waals surface area contributed by atoms with Gasteiger partial charge in [-0.2, -0.15) is 0 Å². The highest BCUT2D eigenvalue weighted by Crippen LogP contribution is 2.37. The zero-order valence-corrected chi connectivity index (χ0v) is 10.5. The topological polar surface area (TPSA) is 12.0 Å². The molecule has 1 N–H and O–H groups in total. The third-order valence-electron chi connectivity index (χ3n) is 4.74. The second kappa shape index (κ2) is 5.34. The molecule has 0 bridgehead atoms. The summed E-state index contributed by atoms with van der Waals surface area (Å²) in [5.74, 6) is 3.00. The zero-order valence-electron chi connectivity index (χ0n) is 10.5. The van der Waals surface area contributed by atoms with E-state index in [-0.39, 0.29) is 0 Å². The van der Waals surface area contributed by atoms with Crippen molar-refractivity contribution in [2.24, 2.45) is 17.8 Å². The van der Waals surface area contributed by atoms with Crippen LogP contribution in [0.25, 0.3) is 0 Å². The molecule has 15 heavy (non-hydrogen) atoms. The van der Waals surface area contributed by atoms with Crippen molar-refractivity contribution in [3.63, 3.8) is 0 Å². The molecule has 0 radical (unpaired) electrons. The Morgan fingerprint density at radius 2 is 1.87 bits per heavy atom. The fourth-order valence-corrected chi connectivity index (χ4v) is 3.77. The Labute approximate surface area is 95.0 Å². The molecule has 0 aromatic heterocycles. The third kappa shape index (κ3) is 2.96. The van der Waals surface area contributed by atoms with Crippen LogP contribution in [-0.4, -0.2) is 13.1 Å². The molecule has 2 rings (SSSR count). The molecule has 3 unspecified atom stereocenters. The lowest BCUT2D eigenvalue weighted by Crippen LogP contribution is -2.34. The lowest BCUT2D eigenvalue weighted by Gasteiger charge is -2.26. The predicted octanol–water partition coefficient (Wildman–Crippen LogP) is 3.59. The second-order valence-electron chi connectivity index (χ2n) is 5.96. The van der Waals surface area contributed by atoms with Gasteiger partial charge in [0.2, 0.25) is 0 Å². The number of rotatable bonds is 4. The number of hydrogen-bond donors (Lipinski definition) is 1.